The average molecular weight is 391 g/mol. The van der Waals surface area contributed by atoms with Crippen LogP contribution in [0.5, 0.6) is 0 Å². The van der Waals surface area contributed by atoms with Gasteiger partial charge in [-0.25, -0.2) is 0 Å². The molecule has 2 atom stereocenters. The van der Waals surface area contributed by atoms with Crippen molar-refractivity contribution < 1.29 is 9.90 Å². The summed E-state index contributed by atoms with van der Waals surface area (Å²) in [5, 5.41) is 15.5. The van der Waals surface area contributed by atoms with E-state index in [1.165, 1.54) is 5.56 Å². The molecule has 4 nitrogen and oxygen atoms in total. The molecule has 0 aliphatic heterocycles. The van der Waals surface area contributed by atoms with Crippen molar-refractivity contribution in [2.75, 3.05) is 6.54 Å². The second kappa shape index (κ2) is 8.75. The van der Waals surface area contributed by atoms with E-state index in [9.17, 15) is 9.90 Å². The van der Waals surface area contributed by atoms with E-state index in [1.54, 1.807) is 0 Å². The number of carbonyl (C=O) groups excluding carboxylic acids is 1. The van der Waals surface area contributed by atoms with Crippen LogP contribution in [-0.2, 0) is 16.6 Å². The number of amides is 1. The summed E-state index contributed by atoms with van der Waals surface area (Å²) in [6.45, 7) is 8.58. The summed E-state index contributed by atoms with van der Waals surface area (Å²) >= 11 is 0. The van der Waals surface area contributed by atoms with Crippen molar-refractivity contribution in [3.63, 3.8) is 0 Å². The third kappa shape index (κ3) is 5.21. The highest BCUT2D eigenvalue weighted by molar-refractivity contribution is 5.85. The van der Waals surface area contributed by atoms with Gasteiger partial charge in [0.2, 0.25) is 5.91 Å². The van der Waals surface area contributed by atoms with Gasteiger partial charge in [-0.1, -0.05) is 76.2 Å². The molecule has 1 heterocycles. The lowest BCUT2D eigenvalue weighted by Gasteiger charge is -2.20. The van der Waals surface area contributed by atoms with Crippen molar-refractivity contribution in [2.24, 2.45) is 5.92 Å². The minimum Gasteiger partial charge on any atom is -0.387 e. The first-order valence-electron chi connectivity index (χ1n) is 10.1. The SMILES string of the molecule is CC(Cc1cncc2ccccc12)C(=O)NCC(O)c1ccc(C(C)(C)C)cc1. The van der Waals surface area contributed by atoms with Crippen LogP contribution in [0, 0.1) is 5.92 Å². The summed E-state index contributed by atoms with van der Waals surface area (Å²) in [6.07, 6.45) is 3.55. The predicted molar refractivity (Wildman–Crippen MR) is 118 cm³/mol. The summed E-state index contributed by atoms with van der Waals surface area (Å²) in [5.74, 6) is -0.277. The number of rotatable bonds is 6. The van der Waals surface area contributed by atoms with E-state index in [1.807, 2.05) is 61.8 Å². The van der Waals surface area contributed by atoms with Crippen LogP contribution in [0.4, 0.5) is 0 Å². The first-order valence-corrected chi connectivity index (χ1v) is 10.1. The molecule has 0 aliphatic carbocycles. The predicted octanol–water partition coefficient (Wildman–Crippen LogP) is 4.56. The van der Waals surface area contributed by atoms with E-state index < -0.39 is 6.10 Å². The second-order valence-electron chi connectivity index (χ2n) is 8.76. The maximum atomic E-state index is 12.6. The number of benzene rings is 2. The molecule has 0 bridgehead atoms. The Hall–Kier alpha value is -2.72. The zero-order valence-electron chi connectivity index (χ0n) is 17.6. The topological polar surface area (TPSA) is 62.2 Å². The Bertz CT molecular complexity index is 969. The molecule has 1 aromatic heterocycles. The lowest BCUT2D eigenvalue weighted by atomic mass is 9.86. The van der Waals surface area contributed by atoms with Gasteiger partial charge < -0.3 is 10.4 Å². The van der Waals surface area contributed by atoms with Gasteiger partial charge in [0.25, 0.3) is 0 Å². The van der Waals surface area contributed by atoms with Gasteiger partial charge in [-0.05, 0) is 33.9 Å². The molecule has 0 radical (unpaired) electrons. The normalized spacial score (nSPS) is 13.8. The molecule has 0 fully saturated rings. The maximum absolute atomic E-state index is 12.6. The third-order valence-corrected chi connectivity index (χ3v) is 5.36. The van der Waals surface area contributed by atoms with E-state index in [2.05, 4.69) is 37.1 Å². The zero-order chi connectivity index (χ0) is 21.0. The molecule has 0 saturated carbocycles. The van der Waals surface area contributed by atoms with Gasteiger partial charge in [-0.3, -0.25) is 9.78 Å². The molecule has 3 aromatic rings. The lowest BCUT2D eigenvalue weighted by Crippen LogP contribution is -2.33. The Morgan fingerprint density at radius 1 is 1.07 bits per heavy atom. The van der Waals surface area contributed by atoms with Crippen LogP contribution in [0.3, 0.4) is 0 Å². The summed E-state index contributed by atoms with van der Waals surface area (Å²) < 4.78 is 0. The van der Waals surface area contributed by atoms with Crippen LogP contribution < -0.4 is 5.32 Å². The minimum atomic E-state index is -0.723. The lowest BCUT2D eigenvalue weighted by molar-refractivity contribution is -0.124. The largest absolute Gasteiger partial charge is 0.387 e. The van der Waals surface area contributed by atoms with Gasteiger partial charge >= 0.3 is 0 Å². The molecule has 3 rings (SSSR count). The fraction of sp³-hybridized carbons (Fsp3) is 0.360. The van der Waals surface area contributed by atoms with E-state index in [0.717, 1.165) is 21.9 Å². The van der Waals surface area contributed by atoms with Gasteiger partial charge in [-0.2, -0.15) is 0 Å². The monoisotopic (exact) mass is 390 g/mol. The molecule has 1 amide bonds. The first-order chi connectivity index (χ1) is 13.8. The molecule has 4 heteroatoms. The number of aromatic nitrogens is 1. The van der Waals surface area contributed by atoms with E-state index >= 15 is 0 Å². The van der Waals surface area contributed by atoms with Crippen LogP contribution in [0.1, 0.15) is 50.5 Å². The molecule has 2 aromatic carbocycles. The number of hydrogen-bond acceptors (Lipinski definition) is 3. The number of aliphatic hydroxyl groups excluding tert-OH is 1. The van der Waals surface area contributed by atoms with Crippen molar-refractivity contribution in [1.29, 1.82) is 0 Å². The smallest absolute Gasteiger partial charge is 0.223 e. The number of carbonyl (C=O) groups is 1. The molecule has 0 aliphatic rings. The summed E-state index contributed by atoms with van der Waals surface area (Å²) in [7, 11) is 0. The van der Waals surface area contributed by atoms with Crippen LogP contribution in [0.15, 0.2) is 60.9 Å². The summed E-state index contributed by atoms with van der Waals surface area (Å²) in [5.41, 5.74) is 3.16. The van der Waals surface area contributed by atoms with Crippen molar-refractivity contribution in [3.8, 4) is 0 Å². The van der Waals surface area contributed by atoms with Crippen LogP contribution in [0.25, 0.3) is 10.8 Å². The summed E-state index contributed by atoms with van der Waals surface area (Å²) in [4.78, 5) is 16.9. The van der Waals surface area contributed by atoms with Gasteiger partial charge in [0.1, 0.15) is 0 Å². The highest BCUT2D eigenvalue weighted by atomic mass is 16.3. The van der Waals surface area contributed by atoms with Crippen molar-refractivity contribution in [3.05, 3.63) is 77.6 Å². The molecule has 2 N–H and O–H groups in total. The number of nitrogens with one attached hydrogen (secondary N) is 1. The molecule has 29 heavy (non-hydrogen) atoms. The number of nitrogens with zero attached hydrogens (tertiary/aromatic N) is 1. The second-order valence-corrected chi connectivity index (χ2v) is 8.76. The molecule has 0 spiro atoms. The highest BCUT2D eigenvalue weighted by Crippen LogP contribution is 2.24. The van der Waals surface area contributed by atoms with Crippen molar-refractivity contribution in [2.45, 2.75) is 45.6 Å². The van der Waals surface area contributed by atoms with Gasteiger partial charge in [0.15, 0.2) is 0 Å². The van der Waals surface area contributed by atoms with Crippen molar-refractivity contribution >= 4 is 16.7 Å². The fourth-order valence-electron chi connectivity index (χ4n) is 3.46. The van der Waals surface area contributed by atoms with Gasteiger partial charge in [0.05, 0.1) is 6.10 Å². The minimum absolute atomic E-state index is 0.0664. The van der Waals surface area contributed by atoms with Crippen molar-refractivity contribution in [1.82, 2.24) is 10.3 Å². The summed E-state index contributed by atoms with van der Waals surface area (Å²) in [6, 6.07) is 16.0. The Kier molecular flexibility index (Phi) is 6.33. The molecule has 2 unspecified atom stereocenters. The fourth-order valence-corrected chi connectivity index (χ4v) is 3.46. The highest BCUT2D eigenvalue weighted by Gasteiger charge is 2.18. The standard InChI is InChI=1S/C25H30N2O2/c1-17(13-20-15-26-14-19-7-5-6-8-22(19)20)24(29)27-16-23(28)18-9-11-21(12-10-18)25(2,3)4/h5-12,14-15,17,23,28H,13,16H2,1-4H3,(H,27,29). The molecule has 0 saturated heterocycles. The van der Waals surface area contributed by atoms with E-state index in [0.29, 0.717) is 6.42 Å². The quantitative estimate of drug-likeness (QED) is 0.648. The Balaban J connectivity index is 1.58. The number of hydrogen-bond donors (Lipinski definition) is 2. The molecule has 152 valence electrons. The molecular formula is C25H30N2O2. The van der Waals surface area contributed by atoms with Crippen LogP contribution in [0.2, 0.25) is 0 Å². The van der Waals surface area contributed by atoms with Gasteiger partial charge in [0, 0.05) is 30.2 Å². The number of fused-ring (bicyclic) bond motifs is 1. The van der Waals surface area contributed by atoms with E-state index in [4.69, 9.17) is 0 Å². The average Bonchev–Trinajstić information content (AvgIpc) is 2.71. The zero-order valence-corrected chi connectivity index (χ0v) is 17.6. The Labute approximate surface area is 173 Å². The van der Waals surface area contributed by atoms with Gasteiger partial charge in [-0.15, -0.1) is 0 Å². The molecular weight excluding hydrogens is 360 g/mol. The number of aliphatic hydroxyl groups is 1. The maximum Gasteiger partial charge on any atom is 0.223 e. The number of pyridine rings is 1. The van der Waals surface area contributed by atoms with E-state index in [-0.39, 0.29) is 23.8 Å². The Morgan fingerprint density at radius 2 is 1.76 bits per heavy atom. The third-order valence-electron chi connectivity index (χ3n) is 5.36. The van der Waals surface area contributed by atoms with Crippen LogP contribution >= 0.6 is 0 Å². The Morgan fingerprint density at radius 3 is 2.45 bits per heavy atom. The first kappa shape index (κ1) is 21.0. The van der Waals surface area contributed by atoms with Crippen LogP contribution in [-0.4, -0.2) is 22.5 Å².